The minimum absolute atomic E-state index is 0.105. The first kappa shape index (κ1) is 22.7. The van der Waals surface area contributed by atoms with Gasteiger partial charge in [0.2, 0.25) is 0 Å². The van der Waals surface area contributed by atoms with E-state index in [1.165, 1.54) is 0 Å². The maximum absolute atomic E-state index is 6.48. The van der Waals surface area contributed by atoms with E-state index in [9.17, 15) is 0 Å². The van der Waals surface area contributed by atoms with Crippen molar-refractivity contribution >= 4 is 0 Å². The van der Waals surface area contributed by atoms with Gasteiger partial charge in [0.25, 0.3) is 0 Å². The summed E-state index contributed by atoms with van der Waals surface area (Å²) in [5.41, 5.74) is 3.38. The number of hydrogen-bond donors (Lipinski definition) is 0. The third kappa shape index (κ3) is 6.05. The SMILES string of the molecule is C[C@@H]1O[C@H](C)[C@@H](OCc2ccccc2)C(OCc2ccccc2)[C@@H]1OCc1ccccc1. The molecule has 1 aliphatic heterocycles. The third-order valence-corrected chi connectivity index (χ3v) is 5.86. The Morgan fingerprint density at radius 3 is 1.16 bits per heavy atom. The minimum atomic E-state index is -0.249. The molecule has 0 bridgehead atoms. The van der Waals surface area contributed by atoms with Crippen LogP contribution in [0.25, 0.3) is 0 Å². The van der Waals surface area contributed by atoms with Crippen LogP contribution in [0.15, 0.2) is 91.0 Å². The largest absolute Gasteiger partial charge is 0.370 e. The second-order valence-electron chi connectivity index (χ2n) is 8.33. The highest BCUT2D eigenvalue weighted by Gasteiger charge is 2.44. The summed E-state index contributed by atoms with van der Waals surface area (Å²) in [6.07, 6.45) is -0.940. The molecule has 3 aromatic carbocycles. The summed E-state index contributed by atoms with van der Waals surface area (Å²) in [4.78, 5) is 0. The van der Waals surface area contributed by atoms with Gasteiger partial charge in [0, 0.05) is 0 Å². The average molecular weight is 433 g/mol. The van der Waals surface area contributed by atoms with Crippen LogP contribution < -0.4 is 0 Å². The molecule has 32 heavy (non-hydrogen) atoms. The normalized spacial score (nSPS) is 25.5. The van der Waals surface area contributed by atoms with Crippen LogP contribution in [-0.2, 0) is 38.8 Å². The lowest BCUT2D eigenvalue weighted by Gasteiger charge is -2.44. The molecule has 168 valence electrons. The Morgan fingerprint density at radius 1 is 0.500 bits per heavy atom. The van der Waals surface area contributed by atoms with E-state index in [4.69, 9.17) is 18.9 Å². The van der Waals surface area contributed by atoms with E-state index in [-0.39, 0.29) is 30.5 Å². The van der Waals surface area contributed by atoms with Crippen molar-refractivity contribution in [1.29, 1.82) is 0 Å². The molecule has 4 nitrogen and oxygen atoms in total. The van der Waals surface area contributed by atoms with Crippen molar-refractivity contribution in [3.8, 4) is 0 Å². The Morgan fingerprint density at radius 2 is 0.812 bits per heavy atom. The van der Waals surface area contributed by atoms with E-state index in [1.807, 2.05) is 54.6 Å². The molecule has 1 aliphatic rings. The summed E-state index contributed by atoms with van der Waals surface area (Å²) < 4.78 is 25.5. The van der Waals surface area contributed by atoms with Crippen LogP contribution in [0, 0.1) is 0 Å². The van der Waals surface area contributed by atoms with Crippen molar-refractivity contribution < 1.29 is 18.9 Å². The molecule has 0 spiro atoms. The number of benzene rings is 3. The maximum Gasteiger partial charge on any atom is 0.115 e. The lowest BCUT2D eigenvalue weighted by molar-refractivity contribution is -0.257. The zero-order chi connectivity index (χ0) is 22.2. The van der Waals surface area contributed by atoms with Gasteiger partial charge in [0.05, 0.1) is 32.0 Å². The molecular weight excluding hydrogens is 400 g/mol. The summed E-state index contributed by atoms with van der Waals surface area (Å²) in [5, 5.41) is 0. The fraction of sp³-hybridized carbons (Fsp3) is 0.357. The number of rotatable bonds is 9. The first-order valence-electron chi connectivity index (χ1n) is 11.3. The molecule has 0 aromatic heterocycles. The van der Waals surface area contributed by atoms with E-state index < -0.39 is 0 Å². The van der Waals surface area contributed by atoms with Crippen LogP contribution >= 0.6 is 0 Å². The van der Waals surface area contributed by atoms with Crippen LogP contribution in [0.3, 0.4) is 0 Å². The van der Waals surface area contributed by atoms with E-state index in [0.717, 1.165) is 16.7 Å². The second-order valence-corrected chi connectivity index (χ2v) is 8.33. The smallest absolute Gasteiger partial charge is 0.115 e. The van der Waals surface area contributed by atoms with Crippen molar-refractivity contribution in [2.24, 2.45) is 0 Å². The van der Waals surface area contributed by atoms with Gasteiger partial charge in [-0.1, -0.05) is 91.0 Å². The van der Waals surface area contributed by atoms with Gasteiger partial charge < -0.3 is 18.9 Å². The number of ether oxygens (including phenoxy) is 4. The average Bonchev–Trinajstić information content (AvgIpc) is 2.83. The van der Waals surface area contributed by atoms with Crippen molar-refractivity contribution in [3.05, 3.63) is 108 Å². The van der Waals surface area contributed by atoms with Gasteiger partial charge >= 0.3 is 0 Å². The van der Waals surface area contributed by atoms with Gasteiger partial charge in [0.1, 0.15) is 18.3 Å². The zero-order valence-electron chi connectivity index (χ0n) is 18.8. The quantitative estimate of drug-likeness (QED) is 0.444. The first-order chi connectivity index (χ1) is 15.7. The van der Waals surface area contributed by atoms with Crippen molar-refractivity contribution in [3.63, 3.8) is 0 Å². The Bertz CT molecular complexity index is 860. The Balaban J connectivity index is 1.50. The molecule has 4 rings (SSSR count). The van der Waals surface area contributed by atoms with Crippen molar-refractivity contribution in [2.75, 3.05) is 0 Å². The molecule has 3 aromatic rings. The van der Waals surface area contributed by atoms with Crippen molar-refractivity contribution in [1.82, 2.24) is 0 Å². The first-order valence-corrected chi connectivity index (χ1v) is 11.3. The summed E-state index contributed by atoms with van der Waals surface area (Å²) >= 11 is 0. The second kappa shape index (κ2) is 11.4. The monoisotopic (exact) mass is 432 g/mol. The molecular formula is C28H32O4. The van der Waals surface area contributed by atoms with Gasteiger partial charge in [-0.3, -0.25) is 0 Å². The van der Waals surface area contributed by atoms with Gasteiger partial charge in [0.15, 0.2) is 0 Å². The topological polar surface area (TPSA) is 36.9 Å². The molecule has 1 fully saturated rings. The summed E-state index contributed by atoms with van der Waals surface area (Å²) in [7, 11) is 0. The zero-order valence-corrected chi connectivity index (χ0v) is 18.8. The highest BCUT2D eigenvalue weighted by Crippen LogP contribution is 2.30. The van der Waals surface area contributed by atoms with Crippen LogP contribution in [0.1, 0.15) is 30.5 Å². The highest BCUT2D eigenvalue weighted by atomic mass is 16.6. The van der Waals surface area contributed by atoms with E-state index in [1.54, 1.807) is 0 Å². The molecule has 0 aliphatic carbocycles. The molecule has 1 heterocycles. The molecule has 1 saturated heterocycles. The van der Waals surface area contributed by atoms with Crippen LogP contribution in [0.2, 0.25) is 0 Å². The molecule has 0 saturated carbocycles. The van der Waals surface area contributed by atoms with Gasteiger partial charge in [-0.25, -0.2) is 0 Å². The Labute approximate surface area is 191 Å². The lowest BCUT2D eigenvalue weighted by Crippen LogP contribution is -2.58. The van der Waals surface area contributed by atoms with Crippen LogP contribution in [-0.4, -0.2) is 30.5 Å². The van der Waals surface area contributed by atoms with Crippen molar-refractivity contribution in [2.45, 2.75) is 64.2 Å². The van der Waals surface area contributed by atoms with Gasteiger partial charge in [-0.15, -0.1) is 0 Å². The van der Waals surface area contributed by atoms with Gasteiger partial charge in [-0.05, 0) is 30.5 Å². The maximum atomic E-state index is 6.48. The Hall–Kier alpha value is -2.50. The van der Waals surface area contributed by atoms with E-state index in [0.29, 0.717) is 19.8 Å². The predicted molar refractivity (Wildman–Crippen MR) is 125 cm³/mol. The van der Waals surface area contributed by atoms with E-state index in [2.05, 4.69) is 50.2 Å². The standard InChI is InChI=1S/C28H32O4/c1-21-26(29-18-23-12-6-3-7-13-23)28(31-20-25-16-10-5-11-17-25)27(22(2)32-21)30-19-24-14-8-4-9-15-24/h3-17,21-22,26-28H,18-20H2,1-2H3/t21-,22+,26-,27-,28?/m1/s1. The van der Waals surface area contributed by atoms with Gasteiger partial charge in [-0.2, -0.15) is 0 Å². The van der Waals surface area contributed by atoms with E-state index >= 15 is 0 Å². The summed E-state index contributed by atoms with van der Waals surface area (Å²) in [5.74, 6) is 0. The molecule has 4 heteroatoms. The predicted octanol–water partition coefficient (Wildman–Crippen LogP) is 5.55. The third-order valence-electron chi connectivity index (χ3n) is 5.86. The summed E-state index contributed by atoms with van der Waals surface area (Å²) in [6, 6.07) is 30.6. The molecule has 0 radical (unpaired) electrons. The molecule has 0 N–H and O–H groups in total. The van der Waals surface area contributed by atoms with Crippen LogP contribution in [0.5, 0.6) is 0 Å². The van der Waals surface area contributed by atoms with Crippen LogP contribution in [0.4, 0.5) is 0 Å². The lowest BCUT2D eigenvalue weighted by atomic mass is 9.95. The fourth-order valence-electron chi connectivity index (χ4n) is 4.17. The fourth-order valence-corrected chi connectivity index (χ4v) is 4.17. The number of hydrogen-bond acceptors (Lipinski definition) is 4. The minimum Gasteiger partial charge on any atom is -0.370 e. The Kier molecular flexibility index (Phi) is 8.07. The summed E-state index contributed by atoms with van der Waals surface area (Å²) in [6.45, 7) is 5.62. The molecule has 5 atom stereocenters. The molecule has 1 unspecified atom stereocenters. The molecule has 0 amide bonds. The highest BCUT2D eigenvalue weighted by molar-refractivity contribution is 5.15.